The van der Waals surface area contributed by atoms with Gasteiger partial charge in [0.1, 0.15) is 0 Å². The fraction of sp³-hybridized carbons (Fsp3) is 0.400. The second-order valence-electron chi connectivity index (χ2n) is 3.31. The third-order valence-electron chi connectivity index (χ3n) is 1.97. The molecule has 0 heterocycles. The Balaban J connectivity index is 2.68. The van der Waals surface area contributed by atoms with Crippen LogP contribution in [0.1, 0.15) is 6.92 Å². The van der Waals surface area contributed by atoms with E-state index in [1.54, 1.807) is 12.1 Å². The molecule has 0 radical (unpaired) electrons. The SMILES string of the molecule is CC(CCl)C(Br)Nc1ccc(Cl)c(Cl)c1. The van der Waals surface area contributed by atoms with Gasteiger partial charge >= 0.3 is 0 Å². The molecule has 5 heteroatoms. The van der Waals surface area contributed by atoms with Gasteiger partial charge in [-0.1, -0.05) is 46.1 Å². The number of halogens is 4. The first-order valence-corrected chi connectivity index (χ1v) is 6.67. The molecule has 0 bridgehead atoms. The summed E-state index contributed by atoms with van der Waals surface area (Å²) in [6, 6.07) is 5.43. The van der Waals surface area contributed by atoms with Gasteiger partial charge < -0.3 is 5.32 Å². The Kier molecular flexibility index (Phi) is 5.54. The molecule has 0 fully saturated rings. The summed E-state index contributed by atoms with van der Waals surface area (Å²) in [6.07, 6.45) is 0. The van der Waals surface area contributed by atoms with Crippen LogP contribution >= 0.6 is 50.7 Å². The Morgan fingerprint density at radius 3 is 2.53 bits per heavy atom. The molecule has 0 aliphatic rings. The summed E-state index contributed by atoms with van der Waals surface area (Å²) in [6.45, 7) is 2.05. The van der Waals surface area contributed by atoms with Crippen molar-refractivity contribution in [3.63, 3.8) is 0 Å². The van der Waals surface area contributed by atoms with Crippen LogP contribution in [0.5, 0.6) is 0 Å². The van der Waals surface area contributed by atoms with Crippen molar-refractivity contribution < 1.29 is 0 Å². The standard InChI is InChI=1S/C10H11BrCl3N/c1-6(5-12)10(11)15-7-2-3-8(13)9(14)4-7/h2-4,6,10,15H,5H2,1H3. The van der Waals surface area contributed by atoms with E-state index >= 15 is 0 Å². The highest BCUT2D eigenvalue weighted by atomic mass is 79.9. The van der Waals surface area contributed by atoms with Crippen molar-refractivity contribution in [2.24, 2.45) is 5.92 Å². The molecule has 2 unspecified atom stereocenters. The number of hydrogen-bond acceptors (Lipinski definition) is 1. The van der Waals surface area contributed by atoms with Gasteiger partial charge in [0, 0.05) is 11.6 Å². The average Bonchev–Trinajstić information content (AvgIpc) is 2.22. The van der Waals surface area contributed by atoms with Gasteiger partial charge in [-0.15, -0.1) is 11.6 Å². The van der Waals surface area contributed by atoms with Crippen molar-refractivity contribution in [1.29, 1.82) is 0 Å². The molecule has 0 amide bonds. The number of hydrogen-bond donors (Lipinski definition) is 1. The molecule has 1 aromatic rings. The highest BCUT2D eigenvalue weighted by molar-refractivity contribution is 9.09. The minimum Gasteiger partial charge on any atom is -0.372 e. The molecule has 0 aromatic heterocycles. The Hall–Kier alpha value is 0.370. The molecule has 0 aliphatic carbocycles. The van der Waals surface area contributed by atoms with Gasteiger partial charge in [0.25, 0.3) is 0 Å². The molecule has 2 atom stereocenters. The summed E-state index contributed by atoms with van der Waals surface area (Å²) in [4.78, 5) is 0.118. The maximum Gasteiger partial charge on any atom is 0.0855 e. The Morgan fingerprint density at radius 1 is 1.33 bits per heavy atom. The molecule has 1 rings (SSSR count). The lowest BCUT2D eigenvalue weighted by molar-refractivity contribution is 0.667. The average molecular weight is 331 g/mol. The van der Waals surface area contributed by atoms with Crippen LogP contribution in [0.2, 0.25) is 10.0 Å². The normalized spacial score (nSPS) is 14.7. The molecular formula is C10H11BrCl3N. The molecule has 84 valence electrons. The lowest BCUT2D eigenvalue weighted by Gasteiger charge is -2.18. The van der Waals surface area contributed by atoms with Crippen LogP contribution in [0.3, 0.4) is 0 Å². The second-order valence-corrected chi connectivity index (χ2v) is 5.42. The van der Waals surface area contributed by atoms with E-state index in [1.807, 2.05) is 6.07 Å². The highest BCUT2D eigenvalue weighted by Gasteiger charge is 2.12. The van der Waals surface area contributed by atoms with Gasteiger partial charge in [0.05, 0.1) is 15.0 Å². The first-order chi connectivity index (χ1) is 7.04. The summed E-state index contributed by atoms with van der Waals surface area (Å²) in [5.74, 6) is 0.908. The van der Waals surface area contributed by atoms with E-state index in [0.29, 0.717) is 21.8 Å². The van der Waals surface area contributed by atoms with E-state index in [-0.39, 0.29) is 4.95 Å². The molecule has 1 N–H and O–H groups in total. The summed E-state index contributed by atoms with van der Waals surface area (Å²) in [5, 5.41) is 4.35. The molecule has 0 spiro atoms. The monoisotopic (exact) mass is 329 g/mol. The van der Waals surface area contributed by atoms with Gasteiger partial charge in [-0.25, -0.2) is 0 Å². The quantitative estimate of drug-likeness (QED) is 0.605. The summed E-state index contributed by atoms with van der Waals surface area (Å²) < 4.78 is 0. The predicted molar refractivity (Wildman–Crippen MR) is 72.7 cm³/mol. The number of benzene rings is 1. The van der Waals surface area contributed by atoms with Crippen LogP contribution in [-0.2, 0) is 0 Å². The number of rotatable bonds is 4. The lowest BCUT2D eigenvalue weighted by atomic mass is 10.2. The maximum absolute atomic E-state index is 5.90. The second kappa shape index (κ2) is 6.19. The zero-order valence-corrected chi connectivity index (χ0v) is 12.0. The minimum atomic E-state index is 0.118. The highest BCUT2D eigenvalue weighted by Crippen LogP contribution is 2.27. The van der Waals surface area contributed by atoms with E-state index < -0.39 is 0 Å². The fourth-order valence-electron chi connectivity index (χ4n) is 0.966. The molecule has 1 nitrogen and oxygen atoms in total. The lowest BCUT2D eigenvalue weighted by Crippen LogP contribution is -2.21. The van der Waals surface area contributed by atoms with Gasteiger partial charge in [-0.05, 0) is 24.1 Å². The van der Waals surface area contributed by atoms with E-state index in [4.69, 9.17) is 34.8 Å². The first-order valence-electron chi connectivity index (χ1n) is 4.46. The van der Waals surface area contributed by atoms with Crippen LogP contribution in [0.25, 0.3) is 0 Å². The minimum absolute atomic E-state index is 0.118. The van der Waals surface area contributed by atoms with E-state index in [1.165, 1.54) is 0 Å². The Bertz CT molecular complexity index is 332. The van der Waals surface area contributed by atoms with Crippen molar-refractivity contribution in [1.82, 2.24) is 0 Å². The molecule has 0 saturated heterocycles. The van der Waals surface area contributed by atoms with Crippen molar-refractivity contribution in [2.45, 2.75) is 11.9 Å². The first kappa shape index (κ1) is 13.4. The summed E-state index contributed by atoms with van der Waals surface area (Å²) in [7, 11) is 0. The van der Waals surface area contributed by atoms with Crippen LogP contribution in [0, 0.1) is 5.92 Å². The van der Waals surface area contributed by atoms with Crippen molar-refractivity contribution in [3.8, 4) is 0 Å². The van der Waals surface area contributed by atoms with Gasteiger partial charge in [0.15, 0.2) is 0 Å². The largest absolute Gasteiger partial charge is 0.372 e. The molecule has 1 aromatic carbocycles. The van der Waals surface area contributed by atoms with E-state index in [2.05, 4.69) is 28.2 Å². The smallest absolute Gasteiger partial charge is 0.0855 e. The van der Waals surface area contributed by atoms with E-state index in [9.17, 15) is 0 Å². The molecule has 15 heavy (non-hydrogen) atoms. The number of nitrogens with one attached hydrogen (secondary N) is 1. The van der Waals surface area contributed by atoms with Crippen molar-refractivity contribution >= 4 is 56.4 Å². The van der Waals surface area contributed by atoms with Crippen LogP contribution < -0.4 is 5.32 Å². The summed E-state index contributed by atoms with van der Waals surface area (Å²) in [5.41, 5.74) is 0.920. The van der Waals surface area contributed by atoms with Gasteiger partial charge in [0.2, 0.25) is 0 Å². The van der Waals surface area contributed by atoms with Gasteiger partial charge in [-0.3, -0.25) is 0 Å². The number of alkyl halides is 2. The van der Waals surface area contributed by atoms with Crippen molar-refractivity contribution in [3.05, 3.63) is 28.2 Å². The predicted octanol–water partition coefficient (Wildman–Crippen LogP) is 5.00. The summed E-state index contributed by atoms with van der Waals surface area (Å²) >= 11 is 21.0. The number of anilines is 1. The van der Waals surface area contributed by atoms with E-state index in [0.717, 1.165) is 5.69 Å². The van der Waals surface area contributed by atoms with Gasteiger partial charge in [-0.2, -0.15) is 0 Å². The Morgan fingerprint density at radius 2 is 2.00 bits per heavy atom. The van der Waals surface area contributed by atoms with Crippen LogP contribution in [0.4, 0.5) is 5.69 Å². The maximum atomic E-state index is 5.90. The fourth-order valence-corrected chi connectivity index (χ4v) is 2.11. The molecule has 0 saturated carbocycles. The topological polar surface area (TPSA) is 12.0 Å². The molecule has 0 aliphatic heterocycles. The zero-order valence-electron chi connectivity index (χ0n) is 8.11. The molecular weight excluding hydrogens is 320 g/mol. The zero-order chi connectivity index (χ0) is 11.4. The van der Waals surface area contributed by atoms with Crippen molar-refractivity contribution in [2.75, 3.05) is 11.2 Å². The third-order valence-corrected chi connectivity index (χ3v) is 4.32. The van der Waals surface area contributed by atoms with Crippen LogP contribution in [0.15, 0.2) is 18.2 Å². The van der Waals surface area contributed by atoms with Crippen LogP contribution in [-0.4, -0.2) is 10.8 Å². The third kappa shape index (κ3) is 4.03. The Labute approximate surface area is 113 Å².